The summed E-state index contributed by atoms with van der Waals surface area (Å²) < 4.78 is 0. The molecule has 1 saturated heterocycles. The predicted molar refractivity (Wildman–Crippen MR) is 83.5 cm³/mol. The number of rotatable bonds is 6. The van der Waals surface area contributed by atoms with Gasteiger partial charge in [-0.05, 0) is 63.1 Å². The fourth-order valence-corrected chi connectivity index (χ4v) is 3.89. The summed E-state index contributed by atoms with van der Waals surface area (Å²) in [5, 5.41) is 3.72. The smallest absolute Gasteiger partial charge is 0.00501 e. The number of hydrogen-bond acceptors (Lipinski definition) is 2. The van der Waals surface area contributed by atoms with E-state index in [0.29, 0.717) is 5.41 Å². The van der Waals surface area contributed by atoms with Crippen molar-refractivity contribution in [1.29, 1.82) is 0 Å². The van der Waals surface area contributed by atoms with Crippen LogP contribution in [-0.4, -0.2) is 37.6 Å². The molecule has 2 nitrogen and oxygen atoms in total. The minimum absolute atomic E-state index is 0.582. The van der Waals surface area contributed by atoms with Gasteiger partial charge in [0, 0.05) is 13.1 Å². The third kappa shape index (κ3) is 4.75. The maximum atomic E-state index is 3.72. The Balaban J connectivity index is 1.88. The molecule has 0 unspecified atom stereocenters. The Morgan fingerprint density at radius 1 is 1.11 bits per heavy atom. The van der Waals surface area contributed by atoms with Crippen LogP contribution in [0, 0.1) is 11.3 Å². The average Bonchev–Trinajstić information content (AvgIpc) is 2.44. The molecule has 0 aromatic carbocycles. The van der Waals surface area contributed by atoms with E-state index in [1.165, 1.54) is 84.1 Å². The molecule has 2 rings (SSSR count). The van der Waals surface area contributed by atoms with E-state index in [4.69, 9.17) is 0 Å². The molecule has 1 N–H and O–H groups in total. The van der Waals surface area contributed by atoms with E-state index in [-0.39, 0.29) is 0 Å². The zero-order valence-corrected chi connectivity index (χ0v) is 13.2. The molecular formula is C17H34N2. The molecule has 1 saturated carbocycles. The van der Waals surface area contributed by atoms with E-state index in [1.807, 2.05) is 0 Å². The van der Waals surface area contributed by atoms with E-state index in [1.54, 1.807) is 0 Å². The summed E-state index contributed by atoms with van der Waals surface area (Å²) in [4.78, 5) is 2.76. The van der Waals surface area contributed by atoms with E-state index in [0.717, 1.165) is 5.92 Å². The lowest BCUT2D eigenvalue weighted by atomic mass is 9.70. The topological polar surface area (TPSA) is 15.3 Å². The van der Waals surface area contributed by atoms with Gasteiger partial charge in [-0.1, -0.05) is 33.1 Å². The van der Waals surface area contributed by atoms with Gasteiger partial charge in [0.25, 0.3) is 0 Å². The summed E-state index contributed by atoms with van der Waals surface area (Å²) in [6.45, 7) is 11.2. The number of piperidine rings is 1. The summed E-state index contributed by atoms with van der Waals surface area (Å²) in [5.74, 6) is 0.959. The lowest BCUT2D eigenvalue weighted by Crippen LogP contribution is -2.47. The van der Waals surface area contributed by atoms with Crippen molar-refractivity contribution < 1.29 is 0 Å². The minimum atomic E-state index is 0.582. The molecule has 2 aliphatic rings. The fourth-order valence-electron chi connectivity index (χ4n) is 3.89. The van der Waals surface area contributed by atoms with Crippen LogP contribution in [0.1, 0.15) is 65.2 Å². The molecule has 19 heavy (non-hydrogen) atoms. The van der Waals surface area contributed by atoms with Crippen molar-refractivity contribution in [2.24, 2.45) is 11.3 Å². The zero-order chi connectivity index (χ0) is 13.6. The summed E-state index contributed by atoms with van der Waals surface area (Å²) in [7, 11) is 0. The molecule has 0 aromatic heterocycles. The van der Waals surface area contributed by atoms with Crippen LogP contribution in [0.2, 0.25) is 0 Å². The van der Waals surface area contributed by atoms with Crippen molar-refractivity contribution in [2.75, 3.05) is 32.7 Å². The van der Waals surface area contributed by atoms with Crippen molar-refractivity contribution in [1.82, 2.24) is 10.2 Å². The van der Waals surface area contributed by atoms with Gasteiger partial charge in [-0.25, -0.2) is 0 Å². The molecule has 2 fully saturated rings. The van der Waals surface area contributed by atoms with Crippen LogP contribution in [0.15, 0.2) is 0 Å². The van der Waals surface area contributed by atoms with Gasteiger partial charge in [-0.3, -0.25) is 0 Å². The van der Waals surface area contributed by atoms with E-state index in [9.17, 15) is 0 Å². The Labute approximate surface area is 120 Å². The van der Waals surface area contributed by atoms with Gasteiger partial charge < -0.3 is 10.2 Å². The highest BCUT2D eigenvalue weighted by atomic mass is 15.1. The number of likely N-dealkylation sites (tertiary alicyclic amines) is 1. The standard InChI is InChI=1S/C17H34N2/c1-3-11-18-14-17(9-7-16(2)8-10-17)15-19-12-5-4-6-13-19/h16,18H,3-15H2,1-2H3. The van der Waals surface area contributed by atoms with Crippen molar-refractivity contribution in [3.05, 3.63) is 0 Å². The highest BCUT2D eigenvalue weighted by molar-refractivity contribution is 4.90. The highest BCUT2D eigenvalue weighted by Crippen LogP contribution is 2.39. The lowest BCUT2D eigenvalue weighted by molar-refractivity contribution is 0.0763. The first-order valence-electron chi connectivity index (χ1n) is 8.67. The van der Waals surface area contributed by atoms with Crippen LogP contribution in [0.5, 0.6) is 0 Å². The van der Waals surface area contributed by atoms with E-state index < -0.39 is 0 Å². The van der Waals surface area contributed by atoms with Gasteiger partial charge in [0.1, 0.15) is 0 Å². The van der Waals surface area contributed by atoms with Gasteiger partial charge in [0.2, 0.25) is 0 Å². The first-order valence-corrected chi connectivity index (χ1v) is 8.67. The molecular weight excluding hydrogens is 232 g/mol. The maximum absolute atomic E-state index is 3.72. The maximum Gasteiger partial charge on any atom is 0.00501 e. The highest BCUT2D eigenvalue weighted by Gasteiger charge is 2.35. The third-order valence-electron chi connectivity index (χ3n) is 5.27. The SMILES string of the molecule is CCCNCC1(CN2CCCCC2)CCC(C)CC1. The molecule has 1 aliphatic carbocycles. The van der Waals surface area contributed by atoms with Crippen LogP contribution in [0.3, 0.4) is 0 Å². The van der Waals surface area contributed by atoms with Gasteiger partial charge in [-0.15, -0.1) is 0 Å². The Hall–Kier alpha value is -0.0800. The molecule has 112 valence electrons. The Morgan fingerprint density at radius 2 is 1.79 bits per heavy atom. The second-order valence-corrected chi connectivity index (χ2v) is 7.20. The zero-order valence-electron chi connectivity index (χ0n) is 13.2. The van der Waals surface area contributed by atoms with E-state index in [2.05, 4.69) is 24.1 Å². The Bertz CT molecular complexity index is 238. The summed E-state index contributed by atoms with van der Waals surface area (Å²) in [6.07, 6.45) is 11.3. The molecule has 0 atom stereocenters. The van der Waals surface area contributed by atoms with Crippen LogP contribution in [0.4, 0.5) is 0 Å². The van der Waals surface area contributed by atoms with Gasteiger partial charge >= 0.3 is 0 Å². The predicted octanol–water partition coefficient (Wildman–Crippen LogP) is 3.67. The molecule has 1 heterocycles. The Kier molecular flexibility index (Phi) is 6.15. The normalized spacial score (nSPS) is 33.5. The van der Waals surface area contributed by atoms with Crippen molar-refractivity contribution in [2.45, 2.75) is 65.2 Å². The molecule has 1 aliphatic heterocycles. The number of nitrogens with zero attached hydrogens (tertiary/aromatic N) is 1. The molecule has 2 heteroatoms. The largest absolute Gasteiger partial charge is 0.316 e. The van der Waals surface area contributed by atoms with Crippen molar-refractivity contribution in [3.63, 3.8) is 0 Å². The molecule has 0 radical (unpaired) electrons. The third-order valence-corrected chi connectivity index (χ3v) is 5.27. The minimum Gasteiger partial charge on any atom is -0.316 e. The summed E-state index contributed by atoms with van der Waals surface area (Å²) >= 11 is 0. The van der Waals surface area contributed by atoms with Gasteiger partial charge in [0.05, 0.1) is 0 Å². The summed E-state index contributed by atoms with van der Waals surface area (Å²) in [6, 6.07) is 0. The fraction of sp³-hybridized carbons (Fsp3) is 1.00. The number of hydrogen-bond donors (Lipinski definition) is 1. The monoisotopic (exact) mass is 266 g/mol. The van der Waals surface area contributed by atoms with Crippen molar-refractivity contribution >= 4 is 0 Å². The van der Waals surface area contributed by atoms with E-state index >= 15 is 0 Å². The summed E-state index contributed by atoms with van der Waals surface area (Å²) in [5.41, 5.74) is 0.582. The van der Waals surface area contributed by atoms with Crippen LogP contribution >= 0.6 is 0 Å². The second-order valence-electron chi connectivity index (χ2n) is 7.20. The molecule has 0 spiro atoms. The van der Waals surface area contributed by atoms with Gasteiger partial charge in [-0.2, -0.15) is 0 Å². The quantitative estimate of drug-likeness (QED) is 0.738. The molecule has 0 aromatic rings. The van der Waals surface area contributed by atoms with Crippen LogP contribution in [-0.2, 0) is 0 Å². The van der Waals surface area contributed by atoms with Crippen LogP contribution < -0.4 is 5.32 Å². The van der Waals surface area contributed by atoms with Gasteiger partial charge in [0.15, 0.2) is 0 Å². The Morgan fingerprint density at radius 3 is 2.42 bits per heavy atom. The average molecular weight is 266 g/mol. The van der Waals surface area contributed by atoms with Crippen molar-refractivity contribution in [3.8, 4) is 0 Å². The van der Waals surface area contributed by atoms with Crippen LogP contribution in [0.25, 0.3) is 0 Å². The first-order chi connectivity index (χ1) is 9.24. The lowest BCUT2D eigenvalue weighted by Gasteiger charge is -2.44. The second kappa shape index (κ2) is 7.64. The molecule has 0 amide bonds. The first kappa shape index (κ1) is 15.3. The number of nitrogens with one attached hydrogen (secondary N) is 1. The molecule has 0 bridgehead atoms.